The molecule has 0 saturated heterocycles. The first-order valence-electron chi connectivity index (χ1n) is 2.66. The molecule has 0 fully saturated rings. The highest BCUT2D eigenvalue weighted by Crippen LogP contribution is 1.76. The van der Waals surface area contributed by atoms with Crippen LogP contribution in [0.15, 0.2) is 5.16 Å². The maximum atomic E-state index is 5.20. The molecule has 0 aromatic carbocycles. The standard InChI is InChI=1S/C5H12N2O/c1-3-8-7-5(2)4-6/h3-4,6H2,1-2H3. The normalized spacial score (nSPS) is 11.6. The molecule has 3 nitrogen and oxygen atoms in total. The second-order valence-electron chi connectivity index (χ2n) is 1.45. The lowest BCUT2D eigenvalue weighted by atomic mass is 10.4. The highest BCUT2D eigenvalue weighted by Gasteiger charge is 1.81. The second-order valence-corrected chi connectivity index (χ2v) is 1.45. The lowest BCUT2D eigenvalue weighted by molar-refractivity contribution is 0.158. The average molecular weight is 116 g/mol. The zero-order chi connectivity index (χ0) is 6.41. The highest BCUT2D eigenvalue weighted by atomic mass is 16.6. The molecule has 0 spiro atoms. The van der Waals surface area contributed by atoms with Gasteiger partial charge in [-0.25, -0.2) is 0 Å². The molecule has 0 radical (unpaired) electrons. The van der Waals surface area contributed by atoms with Crippen LogP contribution < -0.4 is 5.73 Å². The van der Waals surface area contributed by atoms with Gasteiger partial charge >= 0.3 is 0 Å². The predicted molar refractivity (Wildman–Crippen MR) is 33.8 cm³/mol. The molecule has 0 heterocycles. The molecule has 0 amide bonds. The molecule has 0 aromatic rings. The van der Waals surface area contributed by atoms with Crippen LogP contribution in [0.25, 0.3) is 0 Å². The molecule has 8 heavy (non-hydrogen) atoms. The van der Waals surface area contributed by atoms with Crippen LogP contribution in [0.4, 0.5) is 0 Å². The van der Waals surface area contributed by atoms with E-state index < -0.39 is 0 Å². The summed E-state index contributed by atoms with van der Waals surface area (Å²) >= 11 is 0. The summed E-state index contributed by atoms with van der Waals surface area (Å²) in [4.78, 5) is 4.69. The Bertz CT molecular complexity index is 80.5. The minimum absolute atomic E-state index is 0.472. The van der Waals surface area contributed by atoms with Gasteiger partial charge in [-0.1, -0.05) is 5.16 Å². The topological polar surface area (TPSA) is 47.6 Å². The van der Waals surface area contributed by atoms with Crippen molar-refractivity contribution >= 4 is 5.71 Å². The van der Waals surface area contributed by atoms with Crippen molar-refractivity contribution in [1.82, 2.24) is 0 Å². The third-order valence-electron chi connectivity index (χ3n) is 0.645. The largest absolute Gasteiger partial charge is 0.396 e. The first-order valence-corrected chi connectivity index (χ1v) is 2.66. The van der Waals surface area contributed by atoms with E-state index in [1.807, 2.05) is 13.8 Å². The minimum Gasteiger partial charge on any atom is -0.396 e. The van der Waals surface area contributed by atoms with Gasteiger partial charge in [-0.3, -0.25) is 0 Å². The Balaban J connectivity index is 3.26. The van der Waals surface area contributed by atoms with E-state index in [-0.39, 0.29) is 0 Å². The summed E-state index contributed by atoms with van der Waals surface area (Å²) in [6.45, 7) is 4.79. The molecule has 0 aliphatic heterocycles. The lowest BCUT2D eigenvalue weighted by Gasteiger charge is -1.93. The van der Waals surface area contributed by atoms with Crippen molar-refractivity contribution in [2.75, 3.05) is 13.2 Å². The van der Waals surface area contributed by atoms with Gasteiger partial charge in [-0.15, -0.1) is 0 Å². The van der Waals surface area contributed by atoms with Crippen LogP contribution in [0.5, 0.6) is 0 Å². The summed E-state index contributed by atoms with van der Waals surface area (Å²) in [5, 5.41) is 3.65. The number of hydrogen-bond donors (Lipinski definition) is 1. The maximum Gasteiger partial charge on any atom is 0.114 e. The fourth-order valence-electron chi connectivity index (χ4n) is 0.212. The molecule has 3 heteroatoms. The monoisotopic (exact) mass is 116 g/mol. The van der Waals surface area contributed by atoms with Crippen LogP contribution in [-0.4, -0.2) is 18.9 Å². The van der Waals surface area contributed by atoms with Crippen LogP contribution in [-0.2, 0) is 4.84 Å². The van der Waals surface area contributed by atoms with Crippen LogP contribution in [0, 0.1) is 0 Å². The van der Waals surface area contributed by atoms with Gasteiger partial charge in [0.2, 0.25) is 0 Å². The van der Waals surface area contributed by atoms with Crippen molar-refractivity contribution in [3.05, 3.63) is 0 Å². The molecule has 0 aromatic heterocycles. The Morgan fingerprint density at radius 1 is 1.75 bits per heavy atom. The number of rotatable bonds is 3. The third kappa shape index (κ3) is 3.61. The van der Waals surface area contributed by atoms with E-state index in [0.29, 0.717) is 13.2 Å². The molecule has 0 saturated carbocycles. The Morgan fingerprint density at radius 2 is 2.38 bits per heavy atom. The van der Waals surface area contributed by atoms with Gasteiger partial charge in [-0.2, -0.15) is 0 Å². The van der Waals surface area contributed by atoms with Crippen LogP contribution in [0.1, 0.15) is 13.8 Å². The van der Waals surface area contributed by atoms with E-state index in [2.05, 4.69) is 5.16 Å². The van der Waals surface area contributed by atoms with Crippen LogP contribution >= 0.6 is 0 Å². The number of hydrogen-bond acceptors (Lipinski definition) is 3. The van der Waals surface area contributed by atoms with Gasteiger partial charge in [0.1, 0.15) is 6.61 Å². The third-order valence-corrected chi connectivity index (χ3v) is 0.645. The van der Waals surface area contributed by atoms with Crippen molar-refractivity contribution < 1.29 is 4.84 Å². The summed E-state index contributed by atoms with van der Waals surface area (Å²) in [6, 6.07) is 0. The zero-order valence-corrected chi connectivity index (χ0v) is 5.35. The van der Waals surface area contributed by atoms with Crippen molar-refractivity contribution in [1.29, 1.82) is 0 Å². The zero-order valence-electron chi connectivity index (χ0n) is 5.35. The Hall–Kier alpha value is -0.570. The van der Waals surface area contributed by atoms with E-state index in [4.69, 9.17) is 10.6 Å². The van der Waals surface area contributed by atoms with Gasteiger partial charge in [-0.05, 0) is 13.8 Å². The summed E-state index contributed by atoms with van der Waals surface area (Å²) < 4.78 is 0. The first kappa shape index (κ1) is 7.43. The van der Waals surface area contributed by atoms with E-state index in [0.717, 1.165) is 5.71 Å². The molecule has 0 bridgehead atoms. The van der Waals surface area contributed by atoms with E-state index in [1.165, 1.54) is 0 Å². The molecule has 48 valence electrons. The Morgan fingerprint density at radius 3 is 2.75 bits per heavy atom. The van der Waals surface area contributed by atoms with Crippen LogP contribution in [0.2, 0.25) is 0 Å². The molecule has 2 N–H and O–H groups in total. The predicted octanol–water partition coefficient (Wildman–Crippen LogP) is 0.358. The first-order chi connectivity index (χ1) is 3.81. The quantitative estimate of drug-likeness (QED) is 0.427. The Kier molecular flexibility index (Phi) is 4.26. The molecule has 0 aliphatic rings. The van der Waals surface area contributed by atoms with Gasteiger partial charge in [0, 0.05) is 6.54 Å². The summed E-state index contributed by atoms with van der Waals surface area (Å²) in [6.07, 6.45) is 0. The van der Waals surface area contributed by atoms with Crippen molar-refractivity contribution in [2.45, 2.75) is 13.8 Å². The number of nitrogens with two attached hydrogens (primary N) is 1. The molecule has 0 atom stereocenters. The average Bonchev–Trinajstić information content (AvgIpc) is 1.83. The van der Waals surface area contributed by atoms with Gasteiger partial charge in [0.05, 0.1) is 5.71 Å². The summed E-state index contributed by atoms with van der Waals surface area (Å²) in [7, 11) is 0. The lowest BCUT2D eigenvalue weighted by Crippen LogP contribution is -2.09. The fraction of sp³-hybridized carbons (Fsp3) is 0.800. The number of nitrogens with zero attached hydrogens (tertiary/aromatic N) is 1. The van der Waals surface area contributed by atoms with E-state index in [1.54, 1.807) is 0 Å². The van der Waals surface area contributed by atoms with E-state index >= 15 is 0 Å². The van der Waals surface area contributed by atoms with Crippen molar-refractivity contribution in [3.63, 3.8) is 0 Å². The van der Waals surface area contributed by atoms with Crippen molar-refractivity contribution in [3.8, 4) is 0 Å². The van der Waals surface area contributed by atoms with Gasteiger partial charge < -0.3 is 10.6 Å². The molecular weight excluding hydrogens is 104 g/mol. The smallest absolute Gasteiger partial charge is 0.114 e. The Labute approximate surface area is 49.5 Å². The van der Waals surface area contributed by atoms with Gasteiger partial charge in [0.25, 0.3) is 0 Å². The number of oxime groups is 1. The molecule has 0 rings (SSSR count). The second kappa shape index (κ2) is 4.59. The SMILES string of the molecule is CCON=C(C)CN. The highest BCUT2D eigenvalue weighted by molar-refractivity contribution is 5.83. The maximum absolute atomic E-state index is 5.20. The molecular formula is C5H12N2O. The summed E-state index contributed by atoms with van der Waals surface area (Å²) in [5.41, 5.74) is 6.03. The van der Waals surface area contributed by atoms with Crippen LogP contribution in [0.3, 0.4) is 0 Å². The fourth-order valence-corrected chi connectivity index (χ4v) is 0.212. The molecule has 0 unspecified atom stereocenters. The van der Waals surface area contributed by atoms with Gasteiger partial charge in [0.15, 0.2) is 0 Å². The minimum atomic E-state index is 0.472. The van der Waals surface area contributed by atoms with E-state index in [9.17, 15) is 0 Å². The van der Waals surface area contributed by atoms with Crippen molar-refractivity contribution in [2.24, 2.45) is 10.9 Å². The molecule has 0 aliphatic carbocycles. The summed E-state index contributed by atoms with van der Waals surface area (Å²) in [5.74, 6) is 0.